The average Bonchev–Trinajstić information content (AvgIpc) is 3.02. The quantitative estimate of drug-likeness (QED) is 0.553. The third-order valence-electron chi connectivity index (χ3n) is 4.36. The smallest absolute Gasteiger partial charge is 0.111 e. The minimum Gasteiger partial charge on any atom is -0.335 e. The van der Waals surface area contributed by atoms with Crippen molar-refractivity contribution in [3.8, 4) is 0 Å². The molecule has 0 aliphatic heterocycles. The summed E-state index contributed by atoms with van der Waals surface area (Å²) in [4.78, 5) is 10.1. The first-order chi connectivity index (χ1) is 11.1. The summed E-state index contributed by atoms with van der Waals surface area (Å²) in [5.74, 6) is 2.24. The van der Waals surface area contributed by atoms with E-state index in [4.69, 9.17) is 4.84 Å². The molecule has 2 rings (SSSR count). The molecule has 0 bridgehead atoms. The van der Waals surface area contributed by atoms with Crippen molar-refractivity contribution in [2.45, 2.75) is 52.6 Å². The van der Waals surface area contributed by atoms with E-state index in [0.717, 1.165) is 13.0 Å². The molecule has 0 saturated carbocycles. The van der Waals surface area contributed by atoms with Crippen LogP contribution in [0.2, 0.25) is 0 Å². The third kappa shape index (κ3) is 5.19. The second-order valence-corrected chi connectivity index (χ2v) is 6.46. The van der Waals surface area contributed by atoms with Gasteiger partial charge in [-0.25, -0.2) is 4.98 Å². The van der Waals surface area contributed by atoms with Crippen molar-refractivity contribution in [1.29, 1.82) is 0 Å². The van der Waals surface area contributed by atoms with Crippen molar-refractivity contribution in [1.82, 2.24) is 15.0 Å². The highest BCUT2D eigenvalue weighted by Crippen LogP contribution is 2.22. The highest BCUT2D eigenvalue weighted by atomic mass is 16.6. The van der Waals surface area contributed by atoms with E-state index in [-0.39, 0.29) is 6.04 Å². The third-order valence-corrected chi connectivity index (χ3v) is 4.36. The summed E-state index contributed by atoms with van der Waals surface area (Å²) in [6, 6.07) is 10.5. The van der Waals surface area contributed by atoms with E-state index in [1.807, 2.05) is 24.4 Å². The molecule has 1 aromatic heterocycles. The maximum Gasteiger partial charge on any atom is 0.111 e. The van der Waals surface area contributed by atoms with Crippen LogP contribution in [0.3, 0.4) is 0 Å². The number of hydrogen-bond acceptors (Lipinski definition) is 3. The SMILES string of the molecule is CC(NOCCCn1ccnc1C(C)C(C)C)c1ccccc1. The van der Waals surface area contributed by atoms with E-state index >= 15 is 0 Å². The second kappa shape index (κ2) is 8.85. The monoisotopic (exact) mass is 315 g/mol. The van der Waals surface area contributed by atoms with Crippen LogP contribution in [0, 0.1) is 5.92 Å². The van der Waals surface area contributed by atoms with Crippen molar-refractivity contribution in [3.63, 3.8) is 0 Å². The van der Waals surface area contributed by atoms with Crippen LogP contribution in [0.5, 0.6) is 0 Å². The zero-order chi connectivity index (χ0) is 16.7. The number of hydroxylamine groups is 1. The molecule has 0 spiro atoms. The molecule has 4 nitrogen and oxygen atoms in total. The van der Waals surface area contributed by atoms with Gasteiger partial charge in [0.1, 0.15) is 5.82 Å². The fourth-order valence-corrected chi connectivity index (χ4v) is 2.51. The molecule has 2 atom stereocenters. The molecule has 0 fully saturated rings. The number of hydrogen-bond donors (Lipinski definition) is 1. The summed E-state index contributed by atoms with van der Waals surface area (Å²) in [5, 5.41) is 0. The Balaban J connectivity index is 1.71. The van der Waals surface area contributed by atoms with Crippen LogP contribution in [0.1, 0.15) is 57.5 Å². The first kappa shape index (κ1) is 17.7. The minimum absolute atomic E-state index is 0.195. The Morgan fingerprint density at radius 1 is 1.13 bits per heavy atom. The molecule has 0 radical (unpaired) electrons. The number of rotatable bonds is 9. The highest BCUT2D eigenvalue weighted by molar-refractivity contribution is 5.17. The topological polar surface area (TPSA) is 39.1 Å². The predicted molar refractivity (Wildman–Crippen MR) is 94.0 cm³/mol. The summed E-state index contributed by atoms with van der Waals surface area (Å²) in [5.41, 5.74) is 4.34. The van der Waals surface area contributed by atoms with Gasteiger partial charge in [-0.2, -0.15) is 5.48 Å². The molecule has 0 amide bonds. The molecule has 0 saturated heterocycles. The van der Waals surface area contributed by atoms with Gasteiger partial charge in [-0.1, -0.05) is 51.1 Å². The average molecular weight is 315 g/mol. The van der Waals surface area contributed by atoms with Gasteiger partial charge in [-0.3, -0.25) is 0 Å². The van der Waals surface area contributed by atoms with E-state index in [1.54, 1.807) is 0 Å². The molecule has 2 unspecified atom stereocenters. The van der Waals surface area contributed by atoms with E-state index in [0.29, 0.717) is 18.4 Å². The minimum atomic E-state index is 0.195. The maximum absolute atomic E-state index is 5.61. The molecule has 23 heavy (non-hydrogen) atoms. The Morgan fingerprint density at radius 3 is 2.57 bits per heavy atom. The Hall–Kier alpha value is -1.65. The van der Waals surface area contributed by atoms with Crippen LogP contribution >= 0.6 is 0 Å². The summed E-state index contributed by atoms with van der Waals surface area (Å²) < 4.78 is 2.24. The van der Waals surface area contributed by atoms with Gasteiger partial charge in [0.05, 0.1) is 12.6 Å². The second-order valence-electron chi connectivity index (χ2n) is 6.46. The van der Waals surface area contributed by atoms with Crippen molar-refractivity contribution in [2.75, 3.05) is 6.61 Å². The van der Waals surface area contributed by atoms with E-state index < -0.39 is 0 Å². The predicted octanol–water partition coefficient (Wildman–Crippen LogP) is 4.32. The Kier molecular flexibility index (Phi) is 6.81. The molecule has 1 heterocycles. The van der Waals surface area contributed by atoms with Crippen LogP contribution in [-0.4, -0.2) is 16.2 Å². The molecule has 1 aromatic carbocycles. The van der Waals surface area contributed by atoms with Gasteiger partial charge in [0, 0.05) is 24.9 Å². The lowest BCUT2D eigenvalue weighted by Gasteiger charge is -2.17. The van der Waals surface area contributed by atoms with Gasteiger partial charge in [0.2, 0.25) is 0 Å². The van der Waals surface area contributed by atoms with Crippen molar-refractivity contribution >= 4 is 0 Å². The summed E-state index contributed by atoms with van der Waals surface area (Å²) in [6.45, 7) is 10.4. The number of aromatic nitrogens is 2. The molecule has 126 valence electrons. The van der Waals surface area contributed by atoms with Gasteiger partial charge in [0.15, 0.2) is 0 Å². The van der Waals surface area contributed by atoms with E-state index in [2.05, 4.69) is 61.1 Å². The van der Waals surface area contributed by atoms with Gasteiger partial charge in [-0.15, -0.1) is 0 Å². The van der Waals surface area contributed by atoms with Crippen LogP contribution in [0.15, 0.2) is 42.7 Å². The maximum atomic E-state index is 5.61. The first-order valence-electron chi connectivity index (χ1n) is 8.53. The number of aryl methyl sites for hydroxylation is 1. The summed E-state index contributed by atoms with van der Waals surface area (Å²) in [6.07, 6.45) is 4.92. The Labute approximate surface area is 139 Å². The normalized spacial score (nSPS) is 14.1. The molecule has 0 aliphatic carbocycles. The van der Waals surface area contributed by atoms with E-state index in [1.165, 1.54) is 11.4 Å². The van der Waals surface area contributed by atoms with Crippen LogP contribution in [-0.2, 0) is 11.4 Å². The summed E-state index contributed by atoms with van der Waals surface area (Å²) >= 11 is 0. The Bertz CT molecular complexity index is 565. The number of imidazole rings is 1. The molecular weight excluding hydrogens is 286 g/mol. The summed E-state index contributed by atoms with van der Waals surface area (Å²) in [7, 11) is 0. The number of nitrogens with zero attached hydrogens (tertiary/aromatic N) is 2. The lowest BCUT2D eigenvalue weighted by molar-refractivity contribution is 0.0166. The molecule has 4 heteroatoms. The zero-order valence-corrected chi connectivity index (χ0v) is 14.7. The Morgan fingerprint density at radius 2 is 1.87 bits per heavy atom. The fraction of sp³-hybridized carbons (Fsp3) is 0.526. The molecule has 1 N–H and O–H groups in total. The van der Waals surface area contributed by atoms with Crippen LogP contribution in [0.4, 0.5) is 0 Å². The molecule has 2 aromatic rings. The van der Waals surface area contributed by atoms with Gasteiger partial charge >= 0.3 is 0 Å². The number of benzene rings is 1. The van der Waals surface area contributed by atoms with Crippen molar-refractivity contribution < 1.29 is 4.84 Å². The van der Waals surface area contributed by atoms with Crippen LogP contribution < -0.4 is 5.48 Å². The molecule has 0 aliphatic rings. The van der Waals surface area contributed by atoms with Crippen LogP contribution in [0.25, 0.3) is 0 Å². The standard InChI is InChI=1S/C19H29N3O/c1-15(2)16(3)19-20-11-13-22(19)12-8-14-23-21-17(4)18-9-6-5-7-10-18/h5-7,9-11,13,15-17,21H,8,12,14H2,1-4H3. The lowest BCUT2D eigenvalue weighted by atomic mass is 9.97. The van der Waals surface area contributed by atoms with E-state index in [9.17, 15) is 0 Å². The van der Waals surface area contributed by atoms with Crippen molar-refractivity contribution in [3.05, 3.63) is 54.1 Å². The highest BCUT2D eigenvalue weighted by Gasteiger charge is 2.15. The molecular formula is C19H29N3O. The van der Waals surface area contributed by atoms with Gasteiger partial charge < -0.3 is 9.40 Å². The lowest BCUT2D eigenvalue weighted by Crippen LogP contribution is -2.20. The largest absolute Gasteiger partial charge is 0.335 e. The zero-order valence-electron chi connectivity index (χ0n) is 14.7. The first-order valence-corrected chi connectivity index (χ1v) is 8.53. The van der Waals surface area contributed by atoms with Crippen molar-refractivity contribution in [2.24, 2.45) is 5.92 Å². The van der Waals surface area contributed by atoms with Gasteiger partial charge in [0.25, 0.3) is 0 Å². The number of nitrogens with one attached hydrogen (secondary N) is 1. The fourth-order valence-electron chi connectivity index (χ4n) is 2.51. The van der Waals surface area contributed by atoms with Gasteiger partial charge in [-0.05, 0) is 24.8 Å².